The Morgan fingerprint density at radius 3 is 1.32 bits per heavy atom. The van der Waals surface area contributed by atoms with Gasteiger partial charge in [-0.2, -0.15) is 0 Å². The fourth-order valence-corrected chi connectivity index (χ4v) is 1.98. The number of hydrogen-bond acceptors (Lipinski definition) is 0. The third-order valence-corrected chi connectivity index (χ3v) is 3.41. The molecule has 0 aliphatic heterocycles. The Morgan fingerprint density at radius 2 is 1.00 bits per heavy atom. The second kappa shape index (κ2) is 8.56. The topological polar surface area (TPSA) is 0 Å². The van der Waals surface area contributed by atoms with E-state index in [2.05, 4.69) is 86.1 Å². The Hall–Kier alpha value is -2.70. The predicted octanol–water partition coefficient (Wildman–Crippen LogP) is 4.77. The van der Waals surface area contributed by atoms with Crippen molar-refractivity contribution in [3.8, 4) is 23.7 Å². The van der Waals surface area contributed by atoms with E-state index in [0.717, 1.165) is 24.0 Å². The summed E-state index contributed by atoms with van der Waals surface area (Å²) in [5, 5.41) is 0. The van der Waals surface area contributed by atoms with E-state index in [0.29, 0.717) is 0 Å². The van der Waals surface area contributed by atoms with Crippen LogP contribution < -0.4 is 0 Å². The zero-order valence-electron chi connectivity index (χ0n) is 13.2. The molecule has 0 saturated heterocycles. The van der Waals surface area contributed by atoms with E-state index in [1.54, 1.807) is 12.2 Å². The van der Waals surface area contributed by atoms with Crippen molar-refractivity contribution in [1.82, 2.24) is 0 Å². The Morgan fingerprint density at radius 1 is 0.636 bits per heavy atom. The van der Waals surface area contributed by atoms with Crippen LogP contribution in [0.25, 0.3) is 0 Å². The summed E-state index contributed by atoms with van der Waals surface area (Å²) in [5.74, 6) is 12.2. The molecule has 0 aliphatic carbocycles. The maximum absolute atomic E-state index is 3.11. The average molecular weight is 284 g/mol. The molecule has 0 heterocycles. The van der Waals surface area contributed by atoms with E-state index in [4.69, 9.17) is 0 Å². The van der Waals surface area contributed by atoms with Gasteiger partial charge in [0.05, 0.1) is 0 Å². The van der Waals surface area contributed by atoms with Crippen LogP contribution in [0.4, 0.5) is 0 Å². The highest BCUT2D eigenvalue weighted by atomic mass is 13.9. The monoisotopic (exact) mass is 284 g/mol. The quantitative estimate of drug-likeness (QED) is 0.697. The van der Waals surface area contributed by atoms with Gasteiger partial charge in [0.1, 0.15) is 0 Å². The largest absolute Gasteiger partial charge is 0.0689 e. The molecule has 0 amide bonds. The van der Waals surface area contributed by atoms with Gasteiger partial charge >= 0.3 is 0 Å². The molecule has 2 aromatic carbocycles. The van der Waals surface area contributed by atoms with Crippen LogP contribution in [0.3, 0.4) is 0 Å². The third-order valence-electron chi connectivity index (χ3n) is 3.41. The van der Waals surface area contributed by atoms with Crippen LogP contribution in [0.15, 0.2) is 60.7 Å². The SMILES string of the molecule is CCc1ccc(C#C/C=C/C#Cc2ccc(CC)cc2)cc1. The summed E-state index contributed by atoms with van der Waals surface area (Å²) in [6.45, 7) is 4.30. The smallest absolute Gasteiger partial charge is 0.0249 e. The van der Waals surface area contributed by atoms with E-state index in [1.807, 2.05) is 0 Å². The normalized spacial score (nSPS) is 9.73. The highest BCUT2D eigenvalue weighted by Gasteiger charge is 1.88. The van der Waals surface area contributed by atoms with Gasteiger partial charge in [0.15, 0.2) is 0 Å². The first-order chi connectivity index (χ1) is 10.8. The Kier molecular flexibility index (Phi) is 6.10. The molecule has 0 fully saturated rings. The standard InChI is InChI=1S/C22H20/c1-3-19-11-15-21(16-12-19)9-7-5-6-8-10-22-17-13-20(4-2)14-18-22/h5-6,11-18H,3-4H2,1-2H3/b6-5+. The molecule has 0 unspecified atom stereocenters. The Labute approximate surface area is 133 Å². The molecule has 0 nitrogen and oxygen atoms in total. The summed E-state index contributed by atoms with van der Waals surface area (Å²) in [4.78, 5) is 0. The van der Waals surface area contributed by atoms with Gasteiger partial charge in [-0.05, 0) is 60.4 Å². The van der Waals surface area contributed by atoms with E-state index in [1.165, 1.54) is 11.1 Å². The molecule has 0 spiro atoms. The lowest BCUT2D eigenvalue weighted by atomic mass is 10.1. The molecule has 2 aromatic rings. The second-order valence-electron chi connectivity index (χ2n) is 4.97. The van der Waals surface area contributed by atoms with E-state index in [-0.39, 0.29) is 0 Å². The van der Waals surface area contributed by atoms with Crippen LogP contribution >= 0.6 is 0 Å². The van der Waals surface area contributed by atoms with Crippen LogP contribution in [0, 0.1) is 23.7 Å². The number of aryl methyl sites for hydroxylation is 2. The van der Waals surface area contributed by atoms with Crippen LogP contribution in [0.5, 0.6) is 0 Å². The van der Waals surface area contributed by atoms with Crippen LogP contribution in [-0.4, -0.2) is 0 Å². The minimum atomic E-state index is 1.03. The number of rotatable bonds is 2. The van der Waals surface area contributed by atoms with Crippen molar-refractivity contribution < 1.29 is 0 Å². The van der Waals surface area contributed by atoms with Crippen molar-refractivity contribution >= 4 is 0 Å². The summed E-state index contributed by atoms with van der Waals surface area (Å²) in [6, 6.07) is 16.7. The Bertz CT molecular complexity index is 669. The van der Waals surface area contributed by atoms with Crippen molar-refractivity contribution in [1.29, 1.82) is 0 Å². The van der Waals surface area contributed by atoms with Gasteiger partial charge in [-0.25, -0.2) is 0 Å². The van der Waals surface area contributed by atoms with E-state index >= 15 is 0 Å². The fourth-order valence-electron chi connectivity index (χ4n) is 1.98. The molecule has 0 atom stereocenters. The highest BCUT2D eigenvalue weighted by molar-refractivity contribution is 5.41. The molecular formula is C22H20. The van der Waals surface area contributed by atoms with Crippen LogP contribution in [0.1, 0.15) is 36.1 Å². The van der Waals surface area contributed by atoms with Gasteiger partial charge in [0.2, 0.25) is 0 Å². The first-order valence-electron chi connectivity index (χ1n) is 7.67. The average Bonchev–Trinajstić information content (AvgIpc) is 2.59. The van der Waals surface area contributed by atoms with Gasteiger partial charge in [-0.1, -0.05) is 61.8 Å². The minimum absolute atomic E-state index is 1.03. The molecule has 0 radical (unpaired) electrons. The molecule has 22 heavy (non-hydrogen) atoms. The fraction of sp³-hybridized carbons (Fsp3) is 0.182. The molecule has 0 aromatic heterocycles. The van der Waals surface area contributed by atoms with Gasteiger partial charge in [-0.15, -0.1) is 0 Å². The first-order valence-corrected chi connectivity index (χ1v) is 7.67. The molecular weight excluding hydrogens is 264 g/mol. The highest BCUT2D eigenvalue weighted by Crippen LogP contribution is 2.04. The van der Waals surface area contributed by atoms with E-state index < -0.39 is 0 Å². The van der Waals surface area contributed by atoms with Crippen LogP contribution in [-0.2, 0) is 12.8 Å². The van der Waals surface area contributed by atoms with Gasteiger partial charge in [0.25, 0.3) is 0 Å². The number of allylic oxidation sites excluding steroid dienone is 2. The van der Waals surface area contributed by atoms with Crippen molar-refractivity contribution in [3.63, 3.8) is 0 Å². The van der Waals surface area contributed by atoms with E-state index in [9.17, 15) is 0 Å². The predicted molar refractivity (Wildman–Crippen MR) is 94.5 cm³/mol. The summed E-state index contributed by atoms with van der Waals surface area (Å²) in [7, 11) is 0. The second-order valence-corrected chi connectivity index (χ2v) is 4.97. The lowest BCUT2D eigenvalue weighted by Crippen LogP contribution is -1.79. The summed E-state index contributed by atoms with van der Waals surface area (Å²) >= 11 is 0. The molecule has 0 bridgehead atoms. The number of hydrogen-bond donors (Lipinski definition) is 0. The molecule has 0 saturated carbocycles. The molecule has 2 rings (SSSR count). The Balaban J connectivity index is 1.93. The van der Waals surface area contributed by atoms with Gasteiger partial charge < -0.3 is 0 Å². The first kappa shape index (κ1) is 15.7. The van der Waals surface area contributed by atoms with Crippen molar-refractivity contribution in [2.75, 3.05) is 0 Å². The molecule has 108 valence electrons. The summed E-state index contributed by atoms with van der Waals surface area (Å²) < 4.78 is 0. The maximum Gasteiger partial charge on any atom is 0.0249 e. The molecule has 0 heteroatoms. The lowest BCUT2D eigenvalue weighted by molar-refractivity contribution is 1.14. The summed E-state index contributed by atoms with van der Waals surface area (Å²) in [6.07, 6.45) is 5.70. The lowest BCUT2D eigenvalue weighted by Gasteiger charge is -1.94. The van der Waals surface area contributed by atoms with Crippen molar-refractivity contribution in [3.05, 3.63) is 82.9 Å². The van der Waals surface area contributed by atoms with Crippen LogP contribution in [0.2, 0.25) is 0 Å². The zero-order chi connectivity index (χ0) is 15.6. The molecule has 0 aliphatic rings. The van der Waals surface area contributed by atoms with Gasteiger partial charge in [-0.3, -0.25) is 0 Å². The zero-order valence-corrected chi connectivity index (χ0v) is 13.2. The van der Waals surface area contributed by atoms with Crippen molar-refractivity contribution in [2.45, 2.75) is 26.7 Å². The number of benzene rings is 2. The van der Waals surface area contributed by atoms with Crippen molar-refractivity contribution in [2.24, 2.45) is 0 Å². The third kappa shape index (κ3) is 5.01. The molecule has 0 N–H and O–H groups in total. The maximum atomic E-state index is 3.11. The minimum Gasteiger partial charge on any atom is -0.0689 e. The summed E-state index contributed by atoms with van der Waals surface area (Å²) in [5.41, 5.74) is 4.73. The van der Waals surface area contributed by atoms with Gasteiger partial charge in [0, 0.05) is 11.1 Å².